The van der Waals surface area contributed by atoms with Gasteiger partial charge in [0.2, 0.25) is 7.29 Å². The van der Waals surface area contributed by atoms with Crippen molar-refractivity contribution in [2.75, 3.05) is 0 Å². The van der Waals surface area contributed by atoms with Gasteiger partial charge >= 0.3 is 0 Å². The van der Waals surface area contributed by atoms with Gasteiger partial charge in [0.15, 0.2) is 0 Å². The molecule has 1 atom stereocenters. The van der Waals surface area contributed by atoms with Gasteiger partial charge < -0.3 is 0 Å². The summed E-state index contributed by atoms with van der Waals surface area (Å²) in [5.74, 6) is 0. The molecule has 2 N–H and O–H groups in total. The third-order valence-electron chi connectivity index (χ3n) is 3.26. The maximum atomic E-state index is 12.8. The molecule has 3 heteroatoms. The van der Waals surface area contributed by atoms with Gasteiger partial charge in [0.05, 0.1) is 0 Å². The van der Waals surface area contributed by atoms with E-state index in [0.717, 1.165) is 10.8 Å². The van der Waals surface area contributed by atoms with Crippen molar-refractivity contribution in [3.63, 3.8) is 0 Å². The van der Waals surface area contributed by atoms with Crippen LogP contribution in [0.3, 0.4) is 0 Å². The van der Waals surface area contributed by atoms with Crippen LogP contribution in [0.25, 0.3) is 10.8 Å². The molecule has 0 fully saturated rings. The quantitative estimate of drug-likeness (QED) is 0.725. The van der Waals surface area contributed by atoms with Crippen molar-refractivity contribution < 1.29 is 4.57 Å². The SMILES string of the molecule is NP(=O)(c1ccccc1)c1ccc2ccccc2c1. The van der Waals surface area contributed by atoms with Crippen LogP contribution in [0.1, 0.15) is 0 Å². The van der Waals surface area contributed by atoms with E-state index in [4.69, 9.17) is 5.50 Å². The minimum Gasteiger partial charge on any atom is -0.297 e. The molecule has 1 unspecified atom stereocenters. The topological polar surface area (TPSA) is 43.1 Å². The number of benzene rings is 3. The minimum absolute atomic E-state index is 0.685. The van der Waals surface area contributed by atoms with Crippen molar-refractivity contribution in [1.82, 2.24) is 0 Å². The van der Waals surface area contributed by atoms with Gasteiger partial charge in [0, 0.05) is 10.6 Å². The Morgan fingerprint density at radius 3 is 2.05 bits per heavy atom. The zero-order valence-electron chi connectivity index (χ0n) is 10.4. The van der Waals surface area contributed by atoms with Gasteiger partial charge in [-0.2, -0.15) is 0 Å². The Balaban J connectivity index is 2.16. The standard InChI is InChI=1S/C16H14NOP/c17-19(18,15-8-2-1-3-9-15)16-11-10-13-6-4-5-7-14(13)12-16/h1-12H,(H2,17,18). The van der Waals surface area contributed by atoms with Crippen LogP contribution in [0.4, 0.5) is 0 Å². The Morgan fingerprint density at radius 2 is 1.32 bits per heavy atom. The maximum Gasteiger partial charge on any atom is 0.202 e. The van der Waals surface area contributed by atoms with Gasteiger partial charge in [0.1, 0.15) is 0 Å². The lowest BCUT2D eigenvalue weighted by molar-refractivity contribution is 0.588. The summed E-state index contributed by atoms with van der Waals surface area (Å²) >= 11 is 0. The highest BCUT2D eigenvalue weighted by Gasteiger charge is 2.21. The van der Waals surface area contributed by atoms with Gasteiger partial charge in [-0.3, -0.25) is 10.1 Å². The van der Waals surface area contributed by atoms with E-state index in [1.54, 1.807) is 0 Å². The normalized spacial score (nSPS) is 14.2. The monoisotopic (exact) mass is 267 g/mol. The molecule has 2 nitrogen and oxygen atoms in total. The minimum atomic E-state index is -3.00. The molecule has 0 radical (unpaired) electrons. The summed E-state index contributed by atoms with van der Waals surface area (Å²) < 4.78 is 12.8. The fraction of sp³-hybridized carbons (Fsp3) is 0. The van der Waals surface area contributed by atoms with Crippen LogP contribution in [-0.2, 0) is 4.57 Å². The van der Waals surface area contributed by atoms with Gasteiger partial charge in [-0.25, -0.2) is 0 Å². The average Bonchev–Trinajstić information content (AvgIpc) is 2.47. The molecule has 94 valence electrons. The molecule has 3 aromatic rings. The first kappa shape index (κ1) is 12.2. The molecule has 0 saturated carbocycles. The van der Waals surface area contributed by atoms with Crippen LogP contribution in [0.2, 0.25) is 0 Å². The summed E-state index contributed by atoms with van der Waals surface area (Å²) in [4.78, 5) is 0. The summed E-state index contributed by atoms with van der Waals surface area (Å²) in [5, 5.41) is 3.56. The summed E-state index contributed by atoms with van der Waals surface area (Å²) in [6.07, 6.45) is 0. The predicted molar refractivity (Wildman–Crippen MR) is 81.5 cm³/mol. The van der Waals surface area contributed by atoms with Crippen molar-refractivity contribution in [2.45, 2.75) is 0 Å². The maximum absolute atomic E-state index is 12.8. The fourth-order valence-electron chi connectivity index (χ4n) is 2.18. The fourth-order valence-corrected chi connectivity index (χ4v) is 3.72. The Hall–Kier alpha value is -1.89. The van der Waals surface area contributed by atoms with Gasteiger partial charge in [-0.1, -0.05) is 48.5 Å². The summed E-state index contributed by atoms with van der Waals surface area (Å²) in [6, 6.07) is 23.0. The van der Waals surface area contributed by atoms with Crippen molar-refractivity contribution in [1.29, 1.82) is 0 Å². The van der Waals surface area contributed by atoms with E-state index in [1.165, 1.54) is 0 Å². The third-order valence-corrected chi connectivity index (χ3v) is 5.37. The summed E-state index contributed by atoms with van der Waals surface area (Å²) in [6.45, 7) is 0. The highest BCUT2D eigenvalue weighted by molar-refractivity contribution is 7.76. The van der Waals surface area contributed by atoms with E-state index in [-0.39, 0.29) is 0 Å². The second-order valence-electron chi connectivity index (χ2n) is 4.52. The third kappa shape index (κ3) is 2.21. The first-order valence-corrected chi connectivity index (χ1v) is 7.89. The van der Waals surface area contributed by atoms with Crippen molar-refractivity contribution in [3.05, 3.63) is 72.8 Å². The smallest absolute Gasteiger partial charge is 0.202 e. The van der Waals surface area contributed by atoms with E-state index in [0.29, 0.717) is 10.6 Å². The molecule has 0 aliphatic rings. The van der Waals surface area contributed by atoms with Crippen LogP contribution in [0, 0.1) is 0 Å². The predicted octanol–water partition coefficient (Wildman–Crippen LogP) is 3.03. The molecule has 19 heavy (non-hydrogen) atoms. The second-order valence-corrected chi connectivity index (χ2v) is 6.87. The van der Waals surface area contributed by atoms with Crippen LogP contribution in [0.5, 0.6) is 0 Å². The molecule has 0 bridgehead atoms. The lowest BCUT2D eigenvalue weighted by Crippen LogP contribution is -2.21. The average molecular weight is 267 g/mol. The van der Waals surface area contributed by atoms with Crippen LogP contribution >= 0.6 is 7.29 Å². The van der Waals surface area contributed by atoms with E-state index >= 15 is 0 Å². The lowest BCUT2D eigenvalue weighted by atomic mass is 10.1. The first-order valence-electron chi connectivity index (χ1n) is 6.11. The Kier molecular flexibility index (Phi) is 2.98. The molecular formula is C16H14NOP. The van der Waals surface area contributed by atoms with Gasteiger partial charge in [-0.15, -0.1) is 0 Å². The molecule has 0 heterocycles. The van der Waals surface area contributed by atoms with Gasteiger partial charge in [0.25, 0.3) is 0 Å². The van der Waals surface area contributed by atoms with E-state index < -0.39 is 7.29 Å². The molecule has 3 rings (SSSR count). The van der Waals surface area contributed by atoms with Crippen molar-refractivity contribution in [2.24, 2.45) is 5.50 Å². The highest BCUT2D eigenvalue weighted by atomic mass is 31.2. The van der Waals surface area contributed by atoms with E-state index in [2.05, 4.69) is 0 Å². The number of hydrogen-bond acceptors (Lipinski definition) is 1. The lowest BCUT2D eigenvalue weighted by Gasteiger charge is -2.14. The van der Waals surface area contributed by atoms with E-state index in [9.17, 15) is 4.57 Å². The Bertz CT molecular complexity index is 768. The second kappa shape index (κ2) is 4.65. The highest BCUT2D eigenvalue weighted by Crippen LogP contribution is 2.34. The zero-order valence-corrected chi connectivity index (χ0v) is 11.3. The molecule has 0 aromatic heterocycles. The summed E-state index contributed by atoms with van der Waals surface area (Å²) in [5.41, 5.74) is 6.11. The molecule has 3 aromatic carbocycles. The number of fused-ring (bicyclic) bond motifs is 1. The molecule has 0 aliphatic heterocycles. The first-order chi connectivity index (χ1) is 9.18. The molecule has 0 spiro atoms. The molecule has 0 aliphatic carbocycles. The van der Waals surface area contributed by atoms with Crippen LogP contribution < -0.4 is 16.1 Å². The van der Waals surface area contributed by atoms with Crippen molar-refractivity contribution in [3.8, 4) is 0 Å². The van der Waals surface area contributed by atoms with Crippen LogP contribution in [-0.4, -0.2) is 0 Å². The summed E-state index contributed by atoms with van der Waals surface area (Å²) in [7, 11) is -3.00. The van der Waals surface area contributed by atoms with E-state index in [1.807, 2.05) is 72.8 Å². The number of rotatable bonds is 2. The molecule has 0 amide bonds. The Labute approximate surface area is 112 Å². The molecular weight excluding hydrogens is 253 g/mol. The number of nitrogens with two attached hydrogens (primary N) is 1. The van der Waals surface area contributed by atoms with Gasteiger partial charge in [-0.05, 0) is 35.0 Å². The molecule has 0 saturated heterocycles. The largest absolute Gasteiger partial charge is 0.297 e. The van der Waals surface area contributed by atoms with Crippen molar-refractivity contribution >= 4 is 28.7 Å². The number of hydrogen-bond donors (Lipinski definition) is 1. The zero-order chi connectivity index (χ0) is 13.3. The van der Waals surface area contributed by atoms with Crippen LogP contribution in [0.15, 0.2) is 72.8 Å². The Morgan fingerprint density at radius 1 is 0.684 bits per heavy atom.